The van der Waals surface area contributed by atoms with E-state index in [2.05, 4.69) is 10.6 Å². The van der Waals surface area contributed by atoms with Gasteiger partial charge in [-0.2, -0.15) is 0 Å². The van der Waals surface area contributed by atoms with E-state index < -0.39 is 5.82 Å². The number of benzene rings is 1. The number of carbonyl (C=O) groups is 1. The number of hydrogen-bond acceptors (Lipinski definition) is 2. The second-order valence-electron chi connectivity index (χ2n) is 5.85. The number of para-hydroxylation sites is 1. The molecule has 1 aromatic carbocycles. The predicted octanol–water partition coefficient (Wildman–Crippen LogP) is 3.07. The smallest absolute Gasteiger partial charge is 0.322 e. The largest absolute Gasteiger partial charge is 0.322 e. The number of rotatable bonds is 4. The molecule has 1 fully saturated rings. The van der Waals surface area contributed by atoms with Crippen LogP contribution in [0.15, 0.2) is 24.3 Å². The maximum Gasteiger partial charge on any atom is 0.322 e. The topological polar surface area (TPSA) is 44.4 Å². The zero-order chi connectivity index (χ0) is 15.2. The van der Waals surface area contributed by atoms with E-state index in [0.717, 1.165) is 32.5 Å². The summed E-state index contributed by atoms with van der Waals surface area (Å²) in [4.78, 5) is 14.2. The molecule has 1 aliphatic heterocycles. The molecule has 0 radical (unpaired) electrons. The summed E-state index contributed by atoms with van der Waals surface area (Å²) in [6, 6.07) is 6.12. The summed E-state index contributed by atoms with van der Waals surface area (Å²) in [5.74, 6) is 0.108. The van der Waals surface area contributed by atoms with Gasteiger partial charge in [0.2, 0.25) is 0 Å². The average Bonchev–Trinajstić information content (AvgIpc) is 2.48. The van der Waals surface area contributed by atoms with Gasteiger partial charge >= 0.3 is 6.03 Å². The van der Waals surface area contributed by atoms with Gasteiger partial charge in [-0.3, -0.25) is 0 Å². The minimum absolute atomic E-state index is 0.0895. The van der Waals surface area contributed by atoms with Crippen LogP contribution in [-0.4, -0.2) is 36.6 Å². The molecular formula is C16H24FN3O. The summed E-state index contributed by atoms with van der Waals surface area (Å²) >= 11 is 0. The lowest BCUT2D eigenvalue weighted by molar-refractivity contribution is 0.174. The summed E-state index contributed by atoms with van der Waals surface area (Å²) in [5.41, 5.74) is 0.235. The van der Waals surface area contributed by atoms with Gasteiger partial charge in [0, 0.05) is 12.6 Å². The first-order valence-electron chi connectivity index (χ1n) is 7.61. The maximum absolute atomic E-state index is 13.6. The van der Waals surface area contributed by atoms with Crippen molar-refractivity contribution in [3.63, 3.8) is 0 Å². The van der Waals surface area contributed by atoms with Crippen molar-refractivity contribution in [2.45, 2.75) is 32.7 Å². The fourth-order valence-corrected chi connectivity index (χ4v) is 2.62. The van der Waals surface area contributed by atoms with E-state index in [4.69, 9.17) is 0 Å². The molecule has 2 amide bonds. The Morgan fingerprint density at radius 2 is 2.05 bits per heavy atom. The van der Waals surface area contributed by atoms with E-state index in [1.54, 1.807) is 23.1 Å². The third kappa shape index (κ3) is 4.43. The SMILES string of the molecule is CC(C)N(CC1CCNCC1)C(=O)Nc1ccccc1F. The fourth-order valence-electron chi connectivity index (χ4n) is 2.62. The quantitative estimate of drug-likeness (QED) is 0.896. The number of piperidine rings is 1. The molecule has 0 atom stereocenters. The van der Waals surface area contributed by atoms with Crippen molar-refractivity contribution >= 4 is 11.7 Å². The lowest BCUT2D eigenvalue weighted by Gasteiger charge is -2.32. The molecule has 2 N–H and O–H groups in total. The second kappa shape index (κ2) is 7.41. The van der Waals surface area contributed by atoms with Crippen LogP contribution in [-0.2, 0) is 0 Å². The summed E-state index contributed by atoms with van der Waals surface area (Å²) in [6.07, 6.45) is 2.16. The van der Waals surface area contributed by atoms with Gasteiger partial charge < -0.3 is 15.5 Å². The molecule has 116 valence electrons. The van der Waals surface area contributed by atoms with Gasteiger partial charge in [-0.05, 0) is 57.8 Å². The van der Waals surface area contributed by atoms with Gasteiger partial charge in [0.25, 0.3) is 0 Å². The van der Waals surface area contributed by atoms with Crippen molar-refractivity contribution in [3.8, 4) is 0 Å². The summed E-state index contributed by atoms with van der Waals surface area (Å²) in [7, 11) is 0. The molecule has 21 heavy (non-hydrogen) atoms. The molecule has 0 unspecified atom stereocenters. The highest BCUT2D eigenvalue weighted by molar-refractivity contribution is 5.89. The van der Waals surface area contributed by atoms with Crippen LogP contribution in [0.3, 0.4) is 0 Å². The van der Waals surface area contributed by atoms with Crippen LogP contribution in [0, 0.1) is 11.7 Å². The number of nitrogens with one attached hydrogen (secondary N) is 2. The van der Waals surface area contributed by atoms with Crippen molar-refractivity contribution in [1.29, 1.82) is 0 Å². The third-order valence-electron chi connectivity index (χ3n) is 3.91. The van der Waals surface area contributed by atoms with E-state index in [0.29, 0.717) is 5.92 Å². The van der Waals surface area contributed by atoms with E-state index >= 15 is 0 Å². The van der Waals surface area contributed by atoms with Gasteiger partial charge in [0.1, 0.15) is 5.82 Å². The molecule has 5 heteroatoms. The van der Waals surface area contributed by atoms with Gasteiger partial charge in [-0.15, -0.1) is 0 Å². The normalized spacial score (nSPS) is 16.0. The fraction of sp³-hybridized carbons (Fsp3) is 0.562. The lowest BCUT2D eigenvalue weighted by atomic mass is 9.97. The first kappa shape index (κ1) is 15.8. The van der Waals surface area contributed by atoms with Crippen LogP contribution in [0.2, 0.25) is 0 Å². The van der Waals surface area contributed by atoms with Crippen LogP contribution in [0.1, 0.15) is 26.7 Å². The van der Waals surface area contributed by atoms with Crippen molar-refractivity contribution < 1.29 is 9.18 Å². The molecule has 0 saturated carbocycles. The Morgan fingerprint density at radius 3 is 2.67 bits per heavy atom. The minimum Gasteiger partial charge on any atom is -0.322 e. The highest BCUT2D eigenvalue weighted by atomic mass is 19.1. The Morgan fingerprint density at radius 1 is 1.38 bits per heavy atom. The Bertz CT molecular complexity index is 472. The Balaban J connectivity index is 2.00. The Kier molecular flexibility index (Phi) is 5.56. The van der Waals surface area contributed by atoms with Crippen molar-refractivity contribution in [1.82, 2.24) is 10.2 Å². The maximum atomic E-state index is 13.6. The van der Waals surface area contributed by atoms with Crippen molar-refractivity contribution in [3.05, 3.63) is 30.1 Å². The number of carbonyl (C=O) groups excluding carboxylic acids is 1. The second-order valence-corrected chi connectivity index (χ2v) is 5.85. The van der Waals surface area contributed by atoms with Gasteiger partial charge in [-0.25, -0.2) is 9.18 Å². The number of halogens is 1. The van der Waals surface area contributed by atoms with Crippen LogP contribution >= 0.6 is 0 Å². The first-order valence-corrected chi connectivity index (χ1v) is 7.61. The van der Waals surface area contributed by atoms with Crippen LogP contribution < -0.4 is 10.6 Å². The highest BCUT2D eigenvalue weighted by Gasteiger charge is 2.23. The Hall–Kier alpha value is -1.62. The van der Waals surface area contributed by atoms with Gasteiger partial charge in [0.15, 0.2) is 0 Å². The zero-order valence-electron chi connectivity index (χ0n) is 12.7. The molecule has 1 saturated heterocycles. The monoisotopic (exact) mass is 293 g/mol. The van der Waals surface area contributed by atoms with Crippen LogP contribution in [0.25, 0.3) is 0 Å². The third-order valence-corrected chi connectivity index (χ3v) is 3.91. The highest BCUT2D eigenvalue weighted by Crippen LogP contribution is 2.18. The standard InChI is InChI=1S/C16H24FN3O/c1-12(2)20(11-13-7-9-18-10-8-13)16(21)19-15-6-4-3-5-14(15)17/h3-6,12-13,18H,7-11H2,1-2H3,(H,19,21). The molecule has 0 aromatic heterocycles. The van der Waals surface area contributed by atoms with Crippen LogP contribution in [0.5, 0.6) is 0 Å². The predicted molar refractivity (Wildman–Crippen MR) is 82.9 cm³/mol. The van der Waals surface area contributed by atoms with E-state index in [1.807, 2.05) is 13.8 Å². The van der Waals surface area contributed by atoms with E-state index in [9.17, 15) is 9.18 Å². The molecule has 0 bridgehead atoms. The summed E-state index contributed by atoms with van der Waals surface area (Å²) in [6.45, 7) is 6.71. The number of urea groups is 1. The lowest BCUT2D eigenvalue weighted by Crippen LogP contribution is -2.45. The van der Waals surface area contributed by atoms with E-state index in [-0.39, 0.29) is 17.8 Å². The van der Waals surface area contributed by atoms with Crippen molar-refractivity contribution in [2.75, 3.05) is 25.0 Å². The molecule has 1 heterocycles. The van der Waals surface area contributed by atoms with Crippen LogP contribution in [0.4, 0.5) is 14.9 Å². The average molecular weight is 293 g/mol. The first-order chi connectivity index (χ1) is 10.1. The Labute approximate surface area is 125 Å². The molecule has 4 nitrogen and oxygen atoms in total. The molecule has 0 aliphatic carbocycles. The number of amides is 2. The molecule has 2 rings (SSSR count). The molecule has 1 aromatic rings. The summed E-state index contributed by atoms with van der Waals surface area (Å²) in [5, 5.41) is 6.00. The van der Waals surface area contributed by atoms with E-state index in [1.165, 1.54) is 6.07 Å². The molecule has 0 spiro atoms. The molecule has 1 aliphatic rings. The number of hydrogen-bond donors (Lipinski definition) is 2. The summed E-state index contributed by atoms with van der Waals surface area (Å²) < 4.78 is 13.6. The number of nitrogens with zero attached hydrogens (tertiary/aromatic N) is 1. The van der Waals surface area contributed by atoms with Gasteiger partial charge in [0.05, 0.1) is 5.69 Å². The van der Waals surface area contributed by atoms with Crippen molar-refractivity contribution in [2.24, 2.45) is 5.92 Å². The number of anilines is 1. The zero-order valence-corrected chi connectivity index (χ0v) is 12.7. The minimum atomic E-state index is -0.406. The molecular weight excluding hydrogens is 269 g/mol. The van der Waals surface area contributed by atoms with Gasteiger partial charge in [-0.1, -0.05) is 12.1 Å².